The van der Waals surface area contributed by atoms with Crippen molar-refractivity contribution in [2.75, 3.05) is 5.73 Å². The largest absolute Gasteiger partial charge is 0.488 e. The third-order valence-electron chi connectivity index (χ3n) is 5.17. The van der Waals surface area contributed by atoms with E-state index in [4.69, 9.17) is 10.5 Å². The second-order valence-electron chi connectivity index (χ2n) is 6.43. The predicted molar refractivity (Wildman–Crippen MR) is 70.1 cm³/mol. The Bertz CT molecular complexity index is 414. The van der Waals surface area contributed by atoms with Crippen LogP contribution in [0.15, 0.2) is 18.3 Å². The van der Waals surface area contributed by atoms with Crippen molar-refractivity contribution in [1.29, 1.82) is 0 Å². The molecular weight excluding hydrogens is 224 g/mol. The highest BCUT2D eigenvalue weighted by atomic mass is 16.5. The minimum atomic E-state index is 0.434. The van der Waals surface area contributed by atoms with Gasteiger partial charge in [0.2, 0.25) is 0 Å². The van der Waals surface area contributed by atoms with E-state index in [1.165, 1.54) is 32.1 Å². The number of anilines is 1. The monoisotopic (exact) mass is 244 g/mol. The smallest absolute Gasteiger partial charge is 0.138 e. The first-order valence-electron chi connectivity index (χ1n) is 7.16. The molecule has 3 heteroatoms. The molecule has 2 N–H and O–H groups in total. The van der Waals surface area contributed by atoms with Crippen LogP contribution in [0.3, 0.4) is 0 Å². The van der Waals surface area contributed by atoms with E-state index in [-0.39, 0.29) is 0 Å². The minimum Gasteiger partial charge on any atom is -0.488 e. The Morgan fingerprint density at radius 3 is 2.22 bits per heavy atom. The first kappa shape index (κ1) is 10.7. The van der Waals surface area contributed by atoms with Gasteiger partial charge in [-0.1, -0.05) is 0 Å². The van der Waals surface area contributed by atoms with E-state index in [0.717, 1.165) is 29.4 Å². The molecule has 0 aliphatic heterocycles. The fraction of sp³-hybridized carbons (Fsp3) is 0.667. The van der Waals surface area contributed by atoms with Gasteiger partial charge in [-0.05, 0) is 67.9 Å². The van der Waals surface area contributed by atoms with Crippen molar-refractivity contribution in [3.8, 4) is 5.75 Å². The highest BCUT2D eigenvalue weighted by Gasteiger charge is 2.49. The van der Waals surface area contributed by atoms with Crippen LogP contribution in [0.1, 0.15) is 32.1 Å². The van der Waals surface area contributed by atoms with Gasteiger partial charge in [0.25, 0.3) is 0 Å². The van der Waals surface area contributed by atoms with E-state index in [1.807, 2.05) is 12.1 Å². The lowest BCUT2D eigenvalue weighted by molar-refractivity contribution is -0.0790. The van der Waals surface area contributed by atoms with E-state index in [9.17, 15) is 0 Å². The number of hydrogen-bond acceptors (Lipinski definition) is 3. The van der Waals surface area contributed by atoms with Crippen molar-refractivity contribution in [3.63, 3.8) is 0 Å². The Morgan fingerprint density at radius 1 is 1.00 bits per heavy atom. The Morgan fingerprint density at radius 2 is 1.67 bits per heavy atom. The van der Waals surface area contributed by atoms with Gasteiger partial charge in [0, 0.05) is 0 Å². The van der Waals surface area contributed by atoms with E-state index in [2.05, 4.69) is 4.98 Å². The standard InChI is InChI=1S/C15H20N2O/c16-14-2-1-13(8-17-14)18-15-11-4-9-3-10(6-11)7-12(15)5-9/h1-2,8-12,15H,3-7H2,(H2,16,17). The van der Waals surface area contributed by atoms with Crippen LogP contribution < -0.4 is 10.5 Å². The molecule has 0 amide bonds. The van der Waals surface area contributed by atoms with Crippen LogP contribution in [0, 0.1) is 23.7 Å². The number of hydrogen-bond donors (Lipinski definition) is 1. The summed E-state index contributed by atoms with van der Waals surface area (Å²) in [7, 11) is 0. The minimum absolute atomic E-state index is 0.434. The van der Waals surface area contributed by atoms with Crippen LogP contribution in [-0.4, -0.2) is 11.1 Å². The normalized spacial score (nSPS) is 41.0. The van der Waals surface area contributed by atoms with Gasteiger partial charge in [0.15, 0.2) is 0 Å². The molecule has 5 rings (SSSR count). The second kappa shape index (κ2) is 3.87. The van der Waals surface area contributed by atoms with Crippen molar-refractivity contribution in [1.82, 2.24) is 4.98 Å². The van der Waals surface area contributed by atoms with Crippen LogP contribution >= 0.6 is 0 Å². The van der Waals surface area contributed by atoms with Gasteiger partial charge in [-0.2, -0.15) is 0 Å². The SMILES string of the molecule is Nc1ccc(OC2C3CC4CC(C3)CC2C4)cn1. The summed E-state index contributed by atoms with van der Waals surface area (Å²) >= 11 is 0. The van der Waals surface area contributed by atoms with E-state index in [0.29, 0.717) is 11.9 Å². The molecule has 0 radical (unpaired) electrons. The quantitative estimate of drug-likeness (QED) is 0.870. The molecule has 1 aromatic rings. The van der Waals surface area contributed by atoms with Crippen molar-refractivity contribution < 1.29 is 4.74 Å². The van der Waals surface area contributed by atoms with E-state index < -0.39 is 0 Å². The number of nitrogens with two attached hydrogens (primary N) is 1. The summed E-state index contributed by atoms with van der Waals surface area (Å²) in [4.78, 5) is 4.12. The zero-order valence-electron chi connectivity index (χ0n) is 10.6. The van der Waals surface area contributed by atoms with Gasteiger partial charge in [-0.15, -0.1) is 0 Å². The Balaban J connectivity index is 1.53. The number of pyridine rings is 1. The maximum absolute atomic E-state index is 6.23. The fourth-order valence-electron chi connectivity index (χ4n) is 4.69. The summed E-state index contributed by atoms with van der Waals surface area (Å²) in [5.74, 6) is 5.03. The zero-order valence-corrected chi connectivity index (χ0v) is 10.6. The van der Waals surface area contributed by atoms with E-state index in [1.54, 1.807) is 6.20 Å². The van der Waals surface area contributed by atoms with Gasteiger partial charge >= 0.3 is 0 Å². The van der Waals surface area contributed by atoms with Crippen molar-refractivity contribution >= 4 is 5.82 Å². The highest BCUT2D eigenvalue weighted by molar-refractivity contribution is 5.32. The van der Waals surface area contributed by atoms with Gasteiger partial charge in [-0.3, -0.25) is 0 Å². The molecule has 3 nitrogen and oxygen atoms in total. The van der Waals surface area contributed by atoms with Crippen LogP contribution in [-0.2, 0) is 0 Å². The van der Waals surface area contributed by atoms with Crippen molar-refractivity contribution in [2.24, 2.45) is 23.7 Å². The van der Waals surface area contributed by atoms with Crippen molar-refractivity contribution in [2.45, 2.75) is 38.2 Å². The number of ether oxygens (including phenoxy) is 1. The second-order valence-corrected chi connectivity index (χ2v) is 6.43. The lowest BCUT2D eigenvalue weighted by atomic mass is 9.55. The number of nitrogens with zero attached hydrogens (tertiary/aromatic N) is 1. The molecule has 0 aromatic carbocycles. The molecular formula is C15H20N2O. The molecule has 4 fully saturated rings. The maximum atomic E-state index is 6.23. The Labute approximate surface area is 108 Å². The van der Waals surface area contributed by atoms with Crippen LogP contribution in [0.25, 0.3) is 0 Å². The Kier molecular flexibility index (Phi) is 2.29. The summed E-state index contributed by atoms with van der Waals surface area (Å²) < 4.78 is 6.23. The van der Waals surface area contributed by atoms with Crippen LogP contribution in [0.5, 0.6) is 5.75 Å². The fourth-order valence-corrected chi connectivity index (χ4v) is 4.69. The third kappa shape index (κ3) is 1.68. The number of rotatable bonds is 2. The molecule has 4 saturated carbocycles. The van der Waals surface area contributed by atoms with Gasteiger partial charge in [0.05, 0.1) is 6.20 Å². The summed E-state index contributed by atoms with van der Waals surface area (Å²) in [5, 5.41) is 0. The Hall–Kier alpha value is -1.25. The first-order chi connectivity index (χ1) is 8.78. The molecule has 1 heterocycles. The molecule has 0 spiro atoms. The van der Waals surface area contributed by atoms with Gasteiger partial charge < -0.3 is 10.5 Å². The van der Waals surface area contributed by atoms with E-state index >= 15 is 0 Å². The number of nitrogen functional groups attached to an aromatic ring is 1. The first-order valence-corrected chi connectivity index (χ1v) is 7.16. The maximum Gasteiger partial charge on any atom is 0.138 e. The topological polar surface area (TPSA) is 48.1 Å². The summed E-state index contributed by atoms with van der Waals surface area (Å²) in [6.45, 7) is 0. The summed E-state index contributed by atoms with van der Waals surface area (Å²) in [6, 6.07) is 3.78. The third-order valence-corrected chi connectivity index (χ3v) is 5.17. The molecule has 4 aliphatic carbocycles. The molecule has 0 atom stereocenters. The zero-order chi connectivity index (χ0) is 12.1. The average Bonchev–Trinajstić information content (AvgIpc) is 2.35. The van der Waals surface area contributed by atoms with Crippen LogP contribution in [0.2, 0.25) is 0 Å². The molecule has 4 bridgehead atoms. The summed E-state index contributed by atoms with van der Waals surface area (Å²) in [6.07, 6.45) is 9.24. The predicted octanol–water partition coefficient (Wildman–Crippen LogP) is 2.87. The molecule has 4 aliphatic rings. The number of aromatic nitrogens is 1. The average molecular weight is 244 g/mol. The van der Waals surface area contributed by atoms with Gasteiger partial charge in [0.1, 0.15) is 17.7 Å². The summed E-state index contributed by atoms with van der Waals surface area (Å²) in [5.41, 5.74) is 5.61. The lowest BCUT2D eigenvalue weighted by Gasteiger charge is -2.53. The molecule has 96 valence electrons. The van der Waals surface area contributed by atoms with Crippen LogP contribution in [0.4, 0.5) is 5.82 Å². The van der Waals surface area contributed by atoms with Crippen molar-refractivity contribution in [3.05, 3.63) is 18.3 Å². The molecule has 1 aromatic heterocycles. The lowest BCUT2D eigenvalue weighted by Crippen LogP contribution is -2.50. The van der Waals surface area contributed by atoms with Gasteiger partial charge in [-0.25, -0.2) is 4.98 Å². The molecule has 0 saturated heterocycles. The highest BCUT2D eigenvalue weighted by Crippen LogP contribution is 2.54. The molecule has 0 unspecified atom stereocenters. The molecule has 18 heavy (non-hydrogen) atoms.